The van der Waals surface area contributed by atoms with Gasteiger partial charge in [0.05, 0.1) is 13.2 Å². The maximum atomic E-state index is 10.6. The highest BCUT2D eigenvalue weighted by Crippen LogP contribution is 1.82. The van der Waals surface area contributed by atoms with Crippen molar-refractivity contribution >= 4 is 5.97 Å². The minimum absolute atomic E-state index is 0.144. The van der Waals surface area contributed by atoms with Crippen LogP contribution in [0.5, 0.6) is 0 Å². The predicted molar refractivity (Wildman–Crippen MR) is 38.1 cm³/mol. The molecule has 0 saturated carbocycles. The third-order valence-corrected chi connectivity index (χ3v) is 0.765. The molecule has 56 valence electrons. The average Bonchev–Trinajstić information content (AvgIpc) is 1.89. The molecule has 0 amide bonds. The van der Waals surface area contributed by atoms with E-state index in [0.29, 0.717) is 13.2 Å². The van der Waals surface area contributed by atoms with E-state index >= 15 is 0 Å². The fraction of sp³-hybridized carbons (Fsp3) is 0.571. The van der Waals surface area contributed by atoms with Gasteiger partial charge in [0.15, 0.2) is 0 Å². The van der Waals surface area contributed by atoms with Crippen LogP contribution in [0.15, 0.2) is 0 Å². The van der Waals surface area contributed by atoms with Crippen LogP contribution in [0.1, 0.15) is 13.3 Å². The molecule has 0 bridgehead atoms. The smallest absolute Gasteiger partial charge is 0.317 e. The van der Waals surface area contributed by atoms with Crippen molar-refractivity contribution in [2.45, 2.75) is 13.3 Å². The molecule has 3 heteroatoms. The molecule has 0 radical (unpaired) electrons. The van der Waals surface area contributed by atoms with Gasteiger partial charge in [-0.2, -0.15) is 0 Å². The van der Waals surface area contributed by atoms with Gasteiger partial charge in [-0.15, -0.1) is 0 Å². The van der Waals surface area contributed by atoms with Crippen molar-refractivity contribution in [3.63, 3.8) is 0 Å². The van der Waals surface area contributed by atoms with E-state index in [-0.39, 0.29) is 12.4 Å². The van der Waals surface area contributed by atoms with E-state index in [4.69, 9.17) is 5.73 Å². The Labute approximate surface area is 60.5 Å². The Morgan fingerprint density at radius 1 is 1.60 bits per heavy atom. The highest BCUT2D eigenvalue weighted by Gasteiger charge is 1.94. The summed E-state index contributed by atoms with van der Waals surface area (Å²) < 4.78 is 4.61. The SMILES string of the molecule is CCOC(=O)CC#CCN. The predicted octanol–water partition coefficient (Wildman–Crippen LogP) is -0.0983. The monoisotopic (exact) mass is 141 g/mol. The standard InChI is InChI=1S/C7H11NO2/c1-2-10-7(9)5-3-4-6-8/h2,5-6,8H2,1H3. The second-order valence-electron chi connectivity index (χ2n) is 1.54. The summed E-state index contributed by atoms with van der Waals surface area (Å²) in [5, 5.41) is 0. The summed E-state index contributed by atoms with van der Waals surface area (Å²) in [5.41, 5.74) is 5.06. The summed E-state index contributed by atoms with van der Waals surface area (Å²) in [7, 11) is 0. The Kier molecular flexibility index (Phi) is 5.50. The molecule has 0 spiro atoms. The Morgan fingerprint density at radius 3 is 2.80 bits per heavy atom. The van der Waals surface area contributed by atoms with Gasteiger partial charge in [0.25, 0.3) is 0 Å². The summed E-state index contributed by atoms with van der Waals surface area (Å²) in [6.07, 6.45) is 0.144. The second-order valence-corrected chi connectivity index (χ2v) is 1.54. The van der Waals surface area contributed by atoms with Gasteiger partial charge in [-0.1, -0.05) is 11.8 Å². The normalized spacial score (nSPS) is 7.80. The van der Waals surface area contributed by atoms with Crippen molar-refractivity contribution in [2.75, 3.05) is 13.2 Å². The molecular weight excluding hydrogens is 130 g/mol. The molecule has 0 aromatic rings. The van der Waals surface area contributed by atoms with Crippen LogP contribution in [0, 0.1) is 11.8 Å². The van der Waals surface area contributed by atoms with Crippen LogP contribution < -0.4 is 5.73 Å². The first-order valence-corrected chi connectivity index (χ1v) is 3.12. The molecule has 0 fully saturated rings. The van der Waals surface area contributed by atoms with Gasteiger partial charge in [-0.3, -0.25) is 4.79 Å². The Hall–Kier alpha value is -1.01. The molecule has 0 aromatic carbocycles. The lowest BCUT2D eigenvalue weighted by Gasteiger charge is -1.94. The molecular formula is C7H11NO2. The average molecular weight is 141 g/mol. The molecule has 0 aliphatic rings. The number of carbonyl (C=O) groups is 1. The minimum atomic E-state index is -0.288. The number of ether oxygens (including phenoxy) is 1. The molecule has 0 aliphatic heterocycles. The first-order valence-electron chi connectivity index (χ1n) is 3.12. The minimum Gasteiger partial charge on any atom is -0.465 e. The van der Waals surface area contributed by atoms with E-state index in [0.717, 1.165) is 0 Å². The van der Waals surface area contributed by atoms with Crippen LogP contribution in [-0.2, 0) is 9.53 Å². The zero-order valence-electron chi connectivity index (χ0n) is 6.02. The molecule has 2 N–H and O–H groups in total. The molecule has 0 rings (SSSR count). The van der Waals surface area contributed by atoms with Crippen molar-refractivity contribution in [2.24, 2.45) is 5.73 Å². The van der Waals surface area contributed by atoms with E-state index in [1.807, 2.05) is 0 Å². The van der Waals surface area contributed by atoms with Crippen LogP contribution >= 0.6 is 0 Å². The topological polar surface area (TPSA) is 52.3 Å². The van der Waals surface area contributed by atoms with Gasteiger partial charge in [-0.05, 0) is 6.92 Å². The largest absolute Gasteiger partial charge is 0.465 e. The zero-order valence-corrected chi connectivity index (χ0v) is 6.02. The maximum Gasteiger partial charge on any atom is 0.317 e. The van der Waals surface area contributed by atoms with Crippen molar-refractivity contribution in [1.29, 1.82) is 0 Å². The summed E-state index contributed by atoms with van der Waals surface area (Å²) in [6, 6.07) is 0. The van der Waals surface area contributed by atoms with E-state index in [9.17, 15) is 4.79 Å². The van der Waals surface area contributed by atoms with Crippen LogP contribution in [0.4, 0.5) is 0 Å². The lowest BCUT2D eigenvalue weighted by molar-refractivity contribution is -0.141. The number of hydrogen-bond donors (Lipinski definition) is 1. The summed E-state index contributed by atoms with van der Waals surface area (Å²) in [4.78, 5) is 10.6. The van der Waals surface area contributed by atoms with Crippen LogP contribution in [0.3, 0.4) is 0 Å². The molecule has 3 nitrogen and oxygen atoms in total. The van der Waals surface area contributed by atoms with E-state index in [2.05, 4.69) is 16.6 Å². The van der Waals surface area contributed by atoms with Gasteiger partial charge in [0.1, 0.15) is 6.42 Å². The molecule has 10 heavy (non-hydrogen) atoms. The third-order valence-electron chi connectivity index (χ3n) is 0.765. The molecule has 0 saturated heterocycles. The van der Waals surface area contributed by atoms with Crippen molar-refractivity contribution < 1.29 is 9.53 Å². The van der Waals surface area contributed by atoms with Gasteiger partial charge in [0, 0.05) is 0 Å². The fourth-order valence-electron chi connectivity index (χ4n) is 0.419. The zero-order chi connectivity index (χ0) is 7.82. The first kappa shape index (κ1) is 8.99. The number of esters is 1. The molecule has 0 unspecified atom stereocenters. The number of carbonyl (C=O) groups excluding carboxylic acids is 1. The summed E-state index contributed by atoms with van der Waals surface area (Å²) in [6.45, 7) is 2.46. The molecule has 0 heterocycles. The molecule has 0 atom stereocenters. The summed E-state index contributed by atoms with van der Waals surface area (Å²) in [5.74, 6) is 4.85. The second kappa shape index (κ2) is 6.12. The van der Waals surface area contributed by atoms with Gasteiger partial charge in [0.2, 0.25) is 0 Å². The Balaban J connectivity index is 3.39. The Morgan fingerprint density at radius 2 is 2.30 bits per heavy atom. The maximum absolute atomic E-state index is 10.6. The van der Waals surface area contributed by atoms with Crippen molar-refractivity contribution in [3.05, 3.63) is 0 Å². The van der Waals surface area contributed by atoms with Gasteiger partial charge in [-0.25, -0.2) is 0 Å². The van der Waals surface area contributed by atoms with E-state index in [1.165, 1.54) is 0 Å². The van der Waals surface area contributed by atoms with Crippen LogP contribution in [0.25, 0.3) is 0 Å². The lowest BCUT2D eigenvalue weighted by Crippen LogP contribution is -2.02. The van der Waals surface area contributed by atoms with Crippen LogP contribution in [-0.4, -0.2) is 19.1 Å². The molecule has 0 aliphatic carbocycles. The fourth-order valence-corrected chi connectivity index (χ4v) is 0.419. The third kappa shape index (κ3) is 5.13. The van der Waals surface area contributed by atoms with Crippen molar-refractivity contribution in [3.8, 4) is 11.8 Å². The van der Waals surface area contributed by atoms with Crippen molar-refractivity contribution in [1.82, 2.24) is 0 Å². The number of nitrogens with two attached hydrogens (primary N) is 1. The number of hydrogen-bond acceptors (Lipinski definition) is 3. The molecule has 0 aromatic heterocycles. The quantitative estimate of drug-likeness (QED) is 0.431. The summed E-state index contributed by atoms with van der Waals surface area (Å²) >= 11 is 0. The highest BCUT2D eigenvalue weighted by atomic mass is 16.5. The highest BCUT2D eigenvalue weighted by molar-refractivity contribution is 5.72. The first-order chi connectivity index (χ1) is 4.81. The van der Waals surface area contributed by atoms with Crippen LogP contribution in [0.2, 0.25) is 0 Å². The van der Waals surface area contributed by atoms with Gasteiger partial charge < -0.3 is 10.5 Å². The Bertz CT molecular complexity index is 155. The van der Waals surface area contributed by atoms with E-state index < -0.39 is 0 Å². The lowest BCUT2D eigenvalue weighted by atomic mass is 10.4. The number of rotatable bonds is 2. The van der Waals surface area contributed by atoms with Gasteiger partial charge >= 0.3 is 5.97 Å². The van der Waals surface area contributed by atoms with E-state index in [1.54, 1.807) is 6.92 Å².